The van der Waals surface area contributed by atoms with Crippen molar-refractivity contribution in [2.24, 2.45) is 0 Å². The molecule has 4 heterocycles. The van der Waals surface area contributed by atoms with Crippen molar-refractivity contribution in [3.63, 3.8) is 0 Å². The Morgan fingerprint density at radius 2 is 1.31 bits per heavy atom. The van der Waals surface area contributed by atoms with Crippen molar-refractivity contribution in [3.05, 3.63) is 124 Å². The summed E-state index contributed by atoms with van der Waals surface area (Å²) in [6, 6.07) is 28.1. The van der Waals surface area contributed by atoms with Crippen LogP contribution in [0.2, 0.25) is 0 Å². The van der Waals surface area contributed by atoms with Crippen molar-refractivity contribution in [3.8, 4) is 46.0 Å². The number of fused-ring (bicyclic) bond motifs is 2. The minimum atomic E-state index is -0.508. The second-order valence-corrected chi connectivity index (χ2v) is 15.4. The molecule has 0 aromatic heterocycles. The number of rotatable bonds is 8. The minimum Gasteiger partial charge on any atom is -0.493 e. The fourth-order valence-corrected chi connectivity index (χ4v) is 8.73. The van der Waals surface area contributed by atoms with Crippen molar-refractivity contribution in [2.45, 2.75) is 51.6 Å². The SMILES string of the molecule is CCN(CC)c1ccc(C(=O)Oc2c(OC)cc3c4c2Oc2cc5c(cc2OC)CCN(C)[C@H]5Cc2ccc(cc2)Oc2cc(ccc2OC)C[C@@H]4N(C)CC3)cc1. The van der Waals surface area contributed by atoms with Crippen molar-refractivity contribution in [1.82, 2.24) is 9.80 Å². The fourth-order valence-electron chi connectivity index (χ4n) is 8.73. The highest BCUT2D eigenvalue weighted by atomic mass is 16.6. The Kier molecular flexibility index (Phi) is 11.2. The normalized spacial score (nSPS) is 17.5. The summed E-state index contributed by atoms with van der Waals surface area (Å²) in [7, 11) is 9.23. The Balaban J connectivity index is 1.32. The zero-order chi connectivity index (χ0) is 40.5. The summed E-state index contributed by atoms with van der Waals surface area (Å²) < 4.78 is 38.0. The maximum Gasteiger partial charge on any atom is 0.343 e. The molecule has 5 aromatic rings. The molecule has 10 heteroatoms. The van der Waals surface area contributed by atoms with Crippen LogP contribution in [-0.2, 0) is 25.7 Å². The molecule has 0 spiro atoms. The number of carbonyl (C=O) groups excluding carboxylic acids is 1. The van der Waals surface area contributed by atoms with Crippen molar-refractivity contribution in [2.75, 3.05) is 66.5 Å². The van der Waals surface area contributed by atoms with E-state index in [0.717, 1.165) is 73.6 Å². The molecule has 0 amide bonds. The number of esters is 1. The molecule has 2 atom stereocenters. The van der Waals surface area contributed by atoms with Crippen LogP contribution < -0.4 is 33.3 Å². The van der Waals surface area contributed by atoms with E-state index in [2.05, 4.69) is 79.0 Å². The number of hydrogen-bond acceptors (Lipinski definition) is 10. The lowest BCUT2D eigenvalue weighted by molar-refractivity contribution is 0.0724. The average Bonchev–Trinajstić information content (AvgIpc) is 3.24. The summed E-state index contributed by atoms with van der Waals surface area (Å²) in [5, 5.41) is 0. The van der Waals surface area contributed by atoms with Gasteiger partial charge in [-0.3, -0.25) is 9.80 Å². The Hall–Kier alpha value is -5.71. The van der Waals surface area contributed by atoms with Gasteiger partial charge in [-0.15, -0.1) is 0 Å². The number of carbonyl (C=O) groups is 1. The van der Waals surface area contributed by atoms with E-state index in [0.29, 0.717) is 46.5 Å². The predicted octanol–water partition coefficient (Wildman–Crippen LogP) is 9.22. The zero-order valence-corrected chi connectivity index (χ0v) is 34.6. The van der Waals surface area contributed by atoms with Crippen LogP contribution in [0.3, 0.4) is 0 Å². The van der Waals surface area contributed by atoms with Crippen LogP contribution in [0.25, 0.3) is 0 Å². The van der Waals surface area contributed by atoms with Gasteiger partial charge in [-0.25, -0.2) is 4.79 Å². The summed E-state index contributed by atoms with van der Waals surface area (Å²) >= 11 is 0. The predicted molar refractivity (Wildman–Crippen MR) is 226 cm³/mol. The van der Waals surface area contributed by atoms with Gasteiger partial charge in [0.25, 0.3) is 0 Å². The molecule has 58 heavy (non-hydrogen) atoms. The highest BCUT2D eigenvalue weighted by Crippen LogP contribution is 2.52. The van der Waals surface area contributed by atoms with Crippen LogP contribution in [0.15, 0.2) is 84.9 Å². The van der Waals surface area contributed by atoms with Crippen LogP contribution >= 0.6 is 0 Å². The van der Waals surface area contributed by atoms with Crippen LogP contribution in [0.4, 0.5) is 5.69 Å². The second kappa shape index (κ2) is 16.6. The van der Waals surface area contributed by atoms with Gasteiger partial charge in [0.1, 0.15) is 5.75 Å². The number of ether oxygens (including phenoxy) is 6. The maximum atomic E-state index is 14.2. The number of benzene rings is 5. The lowest BCUT2D eigenvalue weighted by atomic mass is 9.87. The third-order valence-electron chi connectivity index (χ3n) is 12.1. The molecule has 5 aromatic carbocycles. The molecule has 4 aliphatic rings. The van der Waals surface area contributed by atoms with Gasteiger partial charge in [0.05, 0.1) is 26.9 Å². The Morgan fingerprint density at radius 1 is 0.690 bits per heavy atom. The third-order valence-corrected chi connectivity index (χ3v) is 12.1. The first kappa shape index (κ1) is 39.1. The minimum absolute atomic E-state index is 0.0779. The monoisotopic (exact) mass is 783 g/mol. The van der Waals surface area contributed by atoms with Crippen molar-refractivity contribution < 1.29 is 33.2 Å². The van der Waals surface area contributed by atoms with Gasteiger partial charge < -0.3 is 33.3 Å². The molecule has 0 saturated heterocycles. The topological polar surface area (TPSA) is 82.2 Å². The van der Waals surface area contributed by atoms with E-state index in [1.54, 1.807) is 21.3 Å². The molecule has 302 valence electrons. The summed E-state index contributed by atoms with van der Waals surface area (Å²) in [5.41, 5.74) is 8.08. The molecule has 6 bridgehead atoms. The molecule has 0 radical (unpaired) electrons. The average molecular weight is 784 g/mol. The first-order chi connectivity index (χ1) is 28.2. The highest BCUT2D eigenvalue weighted by molar-refractivity contribution is 5.92. The number of methoxy groups -OCH3 is 3. The van der Waals surface area contributed by atoms with Crippen LogP contribution in [0, 0.1) is 0 Å². The molecule has 0 fully saturated rings. The largest absolute Gasteiger partial charge is 0.493 e. The zero-order valence-electron chi connectivity index (χ0n) is 34.6. The summed E-state index contributed by atoms with van der Waals surface area (Å²) in [6.45, 7) is 7.68. The van der Waals surface area contributed by atoms with Crippen molar-refractivity contribution >= 4 is 11.7 Å². The van der Waals surface area contributed by atoms with E-state index in [4.69, 9.17) is 28.4 Å². The highest BCUT2D eigenvalue weighted by Gasteiger charge is 2.36. The van der Waals surface area contributed by atoms with Gasteiger partial charge in [0, 0.05) is 49.5 Å². The number of anilines is 1. The Morgan fingerprint density at radius 3 is 2.00 bits per heavy atom. The van der Waals surface area contributed by atoms with Gasteiger partial charge in [0.2, 0.25) is 5.75 Å². The van der Waals surface area contributed by atoms with Crippen LogP contribution in [0.5, 0.6) is 46.0 Å². The molecule has 0 saturated carbocycles. The summed E-state index contributed by atoms with van der Waals surface area (Å²) in [5.74, 6) is 3.74. The number of hydrogen-bond donors (Lipinski definition) is 0. The summed E-state index contributed by atoms with van der Waals surface area (Å²) in [6.07, 6.45) is 3.02. The lowest BCUT2D eigenvalue weighted by Crippen LogP contribution is -2.34. The molecular formula is C48H53N3O7. The number of nitrogens with zero attached hydrogens (tertiary/aromatic N) is 3. The van der Waals surface area contributed by atoms with E-state index in [1.807, 2.05) is 48.5 Å². The van der Waals surface area contributed by atoms with E-state index in [9.17, 15) is 4.79 Å². The number of likely N-dealkylation sites (N-methyl/N-ethyl adjacent to an activating group) is 2. The Bertz CT molecular complexity index is 2290. The van der Waals surface area contributed by atoms with Gasteiger partial charge >= 0.3 is 5.97 Å². The van der Waals surface area contributed by atoms with Gasteiger partial charge in [-0.05, 0) is 148 Å². The molecule has 4 aliphatic heterocycles. The van der Waals surface area contributed by atoms with Crippen LogP contribution in [0.1, 0.15) is 69.7 Å². The van der Waals surface area contributed by atoms with Crippen molar-refractivity contribution in [1.29, 1.82) is 0 Å². The molecular weight excluding hydrogens is 731 g/mol. The third kappa shape index (κ3) is 7.54. The van der Waals surface area contributed by atoms with Gasteiger partial charge in [-0.1, -0.05) is 18.2 Å². The standard InChI is InChI=1S/C48H53N3O7/c1-8-51(9-2)35-15-13-32(14-16-35)48(52)58-46-44(55-7)28-34-21-23-50(4)39-25-31-12-19-40(53-5)42(26-31)56-36-17-10-30(11-18-36)24-38-37-29-43(57-47(46)45(34)39)41(54-6)27-33(37)20-22-49(38)3/h10-19,26-29,38-39H,8-9,20-25H2,1-7H3/t38-,39-/m0/s1. The molecule has 9 rings (SSSR count). The first-order valence-corrected chi connectivity index (χ1v) is 20.3. The molecule has 10 nitrogen and oxygen atoms in total. The molecule has 0 unspecified atom stereocenters. The van der Waals surface area contributed by atoms with Crippen LogP contribution in [-0.4, -0.2) is 77.4 Å². The maximum absolute atomic E-state index is 14.2. The molecule has 0 N–H and O–H groups in total. The van der Waals surface area contributed by atoms with E-state index < -0.39 is 5.97 Å². The fraction of sp³-hybridized carbons (Fsp3) is 0.354. The van der Waals surface area contributed by atoms with E-state index in [-0.39, 0.29) is 17.8 Å². The van der Waals surface area contributed by atoms with Gasteiger partial charge in [0.15, 0.2) is 34.5 Å². The molecule has 0 aliphatic carbocycles. The van der Waals surface area contributed by atoms with E-state index >= 15 is 0 Å². The summed E-state index contributed by atoms with van der Waals surface area (Å²) in [4.78, 5) is 21.1. The second-order valence-electron chi connectivity index (χ2n) is 15.4. The first-order valence-electron chi connectivity index (χ1n) is 20.3. The van der Waals surface area contributed by atoms with Gasteiger partial charge in [-0.2, -0.15) is 0 Å². The lowest BCUT2D eigenvalue weighted by Gasteiger charge is -2.37. The van der Waals surface area contributed by atoms with E-state index in [1.165, 1.54) is 16.7 Å². The smallest absolute Gasteiger partial charge is 0.343 e. The quantitative estimate of drug-likeness (QED) is 0.112. The Labute approximate surface area is 341 Å².